The van der Waals surface area contributed by atoms with Gasteiger partial charge < -0.3 is 24.7 Å². The van der Waals surface area contributed by atoms with Crippen molar-refractivity contribution < 1.29 is 13.3 Å². The van der Waals surface area contributed by atoms with Crippen molar-refractivity contribution in [3.05, 3.63) is 0 Å². The van der Waals surface area contributed by atoms with E-state index in [2.05, 4.69) is 13.8 Å². The SMILES string of the molecule is CCCCCCCCCC(C)N.CCO[Si](OCC)(OCC)C(N)CC. The van der Waals surface area contributed by atoms with Gasteiger partial charge in [-0.05, 0) is 40.5 Å². The van der Waals surface area contributed by atoms with Gasteiger partial charge in [0, 0.05) is 25.9 Å². The number of unbranched alkanes of at least 4 members (excludes halogenated alkanes) is 6. The average Bonchev–Trinajstić information content (AvgIpc) is 2.61. The zero-order valence-electron chi connectivity index (χ0n) is 18.5. The van der Waals surface area contributed by atoms with Crippen LogP contribution in [-0.4, -0.2) is 40.3 Å². The Morgan fingerprint density at radius 2 is 1.12 bits per heavy atom. The normalized spacial score (nSPS) is 13.8. The number of hydrogen-bond donors (Lipinski definition) is 2. The Kier molecular flexibility index (Phi) is 21.5. The first-order valence-corrected chi connectivity index (χ1v) is 12.7. The third kappa shape index (κ3) is 15.1. The maximum atomic E-state index is 6.00. The summed E-state index contributed by atoms with van der Waals surface area (Å²) < 4.78 is 16.9. The topological polar surface area (TPSA) is 79.7 Å². The lowest BCUT2D eigenvalue weighted by Gasteiger charge is -2.32. The van der Waals surface area contributed by atoms with Gasteiger partial charge in [-0.3, -0.25) is 0 Å². The molecule has 0 aromatic carbocycles. The van der Waals surface area contributed by atoms with Crippen molar-refractivity contribution in [3.63, 3.8) is 0 Å². The van der Waals surface area contributed by atoms with Crippen molar-refractivity contribution in [2.45, 2.75) is 111 Å². The Morgan fingerprint density at radius 1 is 0.692 bits per heavy atom. The second-order valence-electron chi connectivity index (χ2n) is 6.80. The highest BCUT2D eigenvalue weighted by Crippen LogP contribution is 2.15. The quantitative estimate of drug-likeness (QED) is 0.292. The van der Waals surface area contributed by atoms with E-state index in [1.807, 2.05) is 27.7 Å². The minimum absolute atomic E-state index is 0.123. The van der Waals surface area contributed by atoms with Crippen molar-refractivity contribution in [1.82, 2.24) is 0 Å². The molecule has 0 heterocycles. The molecule has 0 bridgehead atoms. The van der Waals surface area contributed by atoms with Crippen LogP contribution < -0.4 is 11.5 Å². The molecule has 0 saturated carbocycles. The van der Waals surface area contributed by atoms with Crippen LogP contribution in [0, 0.1) is 0 Å². The summed E-state index contributed by atoms with van der Waals surface area (Å²) >= 11 is 0. The molecular weight excluding hydrogens is 344 g/mol. The van der Waals surface area contributed by atoms with Gasteiger partial charge in [0.05, 0.1) is 5.67 Å². The molecule has 4 N–H and O–H groups in total. The third-order valence-corrected chi connectivity index (χ3v) is 7.58. The number of nitrogens with two attached hydrogens (primary N) is 2. The van der Waals surface area contributed by atoms with E-state index in [4.69, 9.17) is 24.7 Å². The summed E-state index contributed by atoms with van der Waals surface area (Å²) in [6, 6.07) is 0.403. The molecule has 2 unspecified atom stereocenters. The third-order valence-electron chi connectivity index (χ3n) is 4.19. The molecule has 0 radical (unpaired) electrons. The molecule has 6 heteroatoms. The summed E-state index contributed by atoms with van der Waals surface area (Å²) in [7, 11) is -2.62. The van der Waals surface area contributed by atoms with Crippen LogP contribution in [0.15, 0.2) is 0 Å². The predicted octanol–water partition coefficient (Wildman–Crippen LogP) is 4.79. The van der Waals surface area contributed by atoms with E-state index in [9.17, 15) is 0 Å². The first-order valence-electron chi connectivity index (χ1n) is 10.9. The minimum atomic E-state index is -2.62. The van der Waals surface area contributed by atoms with Crippen molar-refractivity contribution >= 4 is 8.80 Å². The van der Waals surface area contributed by atoms with Crippen LogP contribution in [0.2, 0.25) is 0 Å². The van der Waals surface area contributed by atoms with Crippen molar-refractivity contribution in [2.24, 2.45) is 11.5 Å². The largest absolute Gasteiger partial charge is 0.518 e. The van der Waals surface area contributed by atoms with Crippen LogP contribution in [0.25, 0.3) is 0 Å². The van der Waals surface area contributed by atoms with Crippen LogP contribution >= 0.6 is 0 Å². The maximum Gasteiger partial charge on any atom is 0.518 e. The summed E-state index contributed by atoms with van der Waals surface area (Å²) in [5, 5.41) is 0. The van der Waals surface area contributed by atoms with Crippen LogP contribution in [-0.2, 0) is 13.3 Å². The maximum absolute atomic E-state index is 6.00. The van der Waals surface area contributed by atoms with E-state index >= 15 is 0 Å². The molecule has 0 fully saturated rings. The molecule has 26 heavy (non-hydrogen) atoms. The Bertz CT molecular complexity index is 265. The van der Waals surface area contributed by atoms with E-state index in [0.717, 1.165) is 6.42 Å². The molecule has 0 aliphatic rings. The molecule has 0 rings (SSSR count). The van der Waals surface area contributed by atoms with E-state index in [1.165, 1.54) is 51.4 Å². The summed E-state index contributed by atoms with van der Waals surface area (Å²) in [5.41, 5.74) is 11.5. The number of rotatable bonds is 16. The molecule has 0 aliphatic heterocycles. The highest BCUT2D eigenvalue weighted by Gasteiger charge is 2.46. The lowest BCUT2D eigenvalue weighted by molar-refractivity contribution is 0.0618. The van der Waals surface area contributed by atoms with Crippen molar-refractivity contribution in [3.8, 4) is 0 Å². The Hall–Kier alpha value is 0.0169. The van der Waals surface area contributed by atoms with Gasteiger partial charge >= 0.3 is 8.80 Å². The Morgan fingerprint density at radius 3 is 1.46 bits per heavy atom. The second kappa shape index (κ2) is 19.8. The van der Waals surface area contributed by atoms with Gasteiger partial charge in [0.15, 0.2) is 0 Å². The molecule has 0 amide bonds. The first-order chi connectivity index (χ1) is 12.4. The van der Waals surface area contributed by atoms with Crippen LogP contribution in [0.4, 0.5) is 0 Å². The van der Waals surface area contributed by atoms with Gasteiger partial charge in [-0.1, -0.05) is 58.8 Å². The molecular formula is C20H48N2O3Si. The smallest absolute Gasteiger partial charge is 0.373 e. The molecule has 0 aromatic rings. The fourth-order valence-electron chi connectivity index (χ4n) is 2.72. The molecule has 0 spiro atoms. The van der Waals surface area contributed by atoms with Gasteiger partial charge in [-0.2, -0.15) is 0 Å². The molecule has 0 aromatic heterocycles. The lowest BCUT2D eigenvalue weighted by atomic mass is 10.1. The second-order valence-corrected chi connectivity index (χ2v) is 9.62. The summed E-state index contributed by atoms with van der Waals surface area (Å²) in [6.45, 7) is 13.9. The molecule has 2 atom stereocenters. The van der Waals surface area contributed by atoms with Crippen LogP contribution in [0.1, 0.15) is 99.3 Å². The molecule has 160 valence electrons. The monoisotopic (exact) mass is 392 g/mol. The van der Waals surface area contributed by atoms with Gasteiger partial charge in [0.2, 0.25) is 0 Å². The van der Waals surface area contributed by atoms with Gasteiger partial charge in [-0.25, -0.2) is 0 Å². The van der Waals surface area contributed by atoms with Crippen molar-refractivity contribution in [2.75, 3.05) is 19.8 Å². The minimum Gasteiger partial charge on any atom is -0.373 e. The first kappa shape index (κ1) is 28.2. The lowest BCUT2D eigenvalue weighted by Crippen LogP contribution is -2.60. The average molecular weight is 393 g/mol. The molecule has 0 saturated heterocycles. The van der Waals surface area contributed by atoms with Gasteiger partial charge in [-0.15, -0.1) is 0 Å². The van der Waals surface area contributed by atoms with E-state index < -0.39 is 8.80 Å². The fraction of sp³-hybridized carbons (Fsp3) is 1.00. The van der Waals surface area contributed by atoms with Crippen LogP contribution in [0.3, 0.4) is 0 Å². The fourth-order valence-corrected chi connectivity index (χ4v) is 5.32. The summed E-state index contributed by atoms with van der Waals surface area (Å²) in [4.78, 5) is 0. The highest BCUT2D eigenvalue weighted by molar-refractivity contribution is 6.62. The standard InChI is InChI=1S/C11H25N.C9H23NO3Si/c1-3-4-5-6-7-8-9-10-11(2)12;1-5-9(10)14(11-6-2,12-7-3)13-8-4/h11H,3-10,12H2,1-2H3;9H,5-8,10H2,1-4H3. The highest BCUT2D eigenvalue weighted by atomic mass is 28.4. The zero-order valence-corrected chi connectivity index (χ0v) is 19.5. The van der Waals surface area contributed by atoms with Crippen molar-refractivity contribution in [1.29, 1.82) is 0 Å². The molecule has 0 aliphatic carbocycles. The molecule has 5 nitrogen and oxygen atoms in total. The van der Waals surface area contributed by atoms with E-state index in [1.54, 1.807) is 0 Å². The Labute approximate surface area is 164 Å². The summed E-state index contributed by atoms with van der Waals surface area (Å²) in [5.74, 6) is 0. The Balaban J connectivity index is 0. The predicted molar refractivity (Wildman–Crippen MR) is 115 cm³/mol. The number of hydrogen-bond acceptors (Lipinski definition) is 5. The summed E-state index contributed by atoms with van der Waals surface area (Å²) in [6.07, 6.45) is 11.7. The van der Waals surface area contributed by atoms with Gasteiger partial charge in [0.25, 0.3) is 0 Å². The van der Waals surface area contributed by atoms with E-state index in [0.29, 0.717) is 25.9 Å². The van der Waals surface area contributed by atoms with Crippen LogP contribution in [0.5, 0.6) is 0 Å². The zero-order chi connectivity index (χ0) is 20.3. The van der Waals surface area contributed by atoms with Gasteiger partial charge in [0.1, 0.15) is 0 Å². The van der Waals surface area contributed by atoms with E-state index in [-0.39, 0.29) is 5.67 Å².